The Bertz CT molecular complexity index is 1120. The van der Waals surface area contributed by atoms with E-state index in [1.54, 1.807) is 12.1 Å². The number of halogens is 1. The van der Waals surface area contributed by atoms with Gasteiger partial charge in [-0.25, -0.2) is 4.39 Å². The van der Waals surface area contributed by atoms with Crippen molar-refractivity contribution < 1.29 is 14.0 Å². The lowest BCUT2D eigenvalue weighted by molar-refractivity contribution is -0.178. The number of carbonyl (C=O) groups excluding carboxylic acids is 1. The highest BCUT2D eigenvalue weighted by Gasteiger charge is 2.57. The summed E-state index contributed by atoms with van der Waals surface area (Å²) in [6, 6.07) is 25.3. The average Bonchev–Trinajstić information content (AvgIpc) is 3.33. The lowest BCUT2D eigenvalue weighted by Gasteiger charge is -2.37. The molecule has 33 heavy (non-hydrogen) atoms. The summed E-state index contributed by atoms with van der Waals surface area (Å²) in [5, 5.41) is 4.78. The molecule has 1 amide bonds. The summed E-state index contributed by atoms with van der Waals surface area (Å²) in [7, 11) is 0. The second-order valence-corrected chi connectivity index (χ2v) is 8.97. The molecule has 0 unspecified atom stereocenters. The number of benzene rings is 3. The van der Waals surface area contributed by atoms with Crippen molar-refractivity contribution in [3.63, 3.8) is 0 Å². The topological polar surface area (TPSA) is 44.8 Å². The number of likely N-dealkylation sites (tertiary alicyclic amines) is 1. The zero-order valence-corrected chi connectivity index (χ0v) is 18.7. The summed E-state index contributed by atoms with van der Waals surface area (Å²) >= 11 is 0. The quantitative estimate of drug-likeness (QED) is 0.604. The van der Waals surface area contributed by atoms with Crippen LogP contribution in [0.15, 0.2) is 78.9 Å². The van der Waals surface area contributed by atoms with Crippen molar-refractivity contribution in [2.24, 2.45) is 5.92 Å². The van der Waals surface area contributed by atoms with Gasteiger partial charge in [0.05, 0.1) is 18.7 Å². The number of rotatable bonds is 6. The minimum Gasteiger partial charge on any atom is -0.326 e. The molecule has 6 heteroatoms. The number of hydrogen-bond donors (Lipinski definition) is 1. The highest BCUT2D eigenvalue weighted by molar-refractivity contribution is 5.88. The Kier molecular flexibility index (Phi) is 5.98. The Balaban J connectivity index is 1.53. The zero-order chi connectivity index (χ0) is 22.8. The SMILES string of the molecule is CC(=O)Nc1ccc(F)c([C@]23CN(Cc4ccccc4)C[C@H]2CON3Cc2ccccc2)c1. The second-order valence-electron chi connectivity index (χ2n) is 8.97. The normalized spacial score (nSPS) is 22.9. The standard InChI is InChI=1S/C27H28FN3O2/c1-20(32)29-24-12-13-26(28)25(14-24)27-19-30(15-21-8-4-2-5-9-21)17-23(27)18-33-31(27)16-22-10-6-3-7-11-22/h2-14,23H,15-19H2,1H3,(H,29,32)/t23-,27-/m0/s1. The van der Waals surface area contributed by atoms with E-state index in [0.717, 1.165) is 18.7 Å². The summed E-state index contributed by atoms with van der Waals surface area (Å²) in [4.78, 5) is 20.3. The van der Waals surface area contributed by atoms with Gasteiger partial charge in [-0.3, -0.25) is 14.5 Å². The predicted octanol–water partition coefficient (Wildman–Crippen LogP) is 4.56. The minimum atomic E-state index is -0.650. The molecule has 0 aromatic heterocycles. The molecular weight excluding hydrogens is 417 g/mol. The van der Waals surface area contributed by atoms with E-state index in [9.17, 15) is 4.79 Å². The second kappa shape index (κ2) is 9.06. The van der Waals surface area contributed by atoms with Gasteiger partial charge in [-0.2, -0.15) is 5.06 Å². The third-order valence-electron chi connectivity index (χ3n) is 6.67. The maximum Gasteiger partial charge on any atom is 0.221 e. The number of anilines is 1. The van der Waals surface area contributed by atoms with E-state index < -0.39 is 5.54 Å². The van der Waals surface area contributed by atoms with Gasteiger partial charge in [-0.15, -0.1) is 0 Å². The van der Waals surface area contributed by atoms with Crippen LogP contribution in [0.5, 0.6) is 0 Å². The first-order chi connectivity index (χ1) is 16.0. The maximum absolute atomic E-state index is 15.4. The van der Waals surface area contributed by atoms with Crippen LogP contribution in [0.1, 0.15) is 23.6 Å². The average molecular weight is 446 g/mol. The summed E-state index contributed by atoms with van der Waals surface area (Å²) in [5.74, 6) is -0.353. The number of carbonyl (C=O) groups is 1. The van der Waals surface area contributed by atoms with Gasteiger partial charge in [-0.1, -0.05) is 60.7 Å². The summed E-state index contributed by atoms with van der Waals surface area (Å²) < 4.78 is 15.4. The van der Waals surface area contributed by atoms with Crippen LogP contribution < -0.4 is 5.32 Å². The molecule has 1 N–H and O–H groups in total. The van der Waals surface area contributed by atoms with Crippen molar-refractivity contribution in [1.29, 1.82) is 0 Å². The van der Waals surface area contributed by atoms with Crippen LogP contribution in [-0.2, 0) is 28.3 Å². The Morgan fingerprint density at radius 2 is 1.70 bits per heavy atom. The molecule has 2 aliphatic heterocycles. The Morgan fingerprint density at radius 3 is 2.36 bits per heavy atom. The van der Waals surface area contributed by atoms with Crippen molar-refractivity contribution in [2.45, 2.75) is 25.6 Å². The molecular formula is C27H28FN3O2. The highest BCUT2D eigenvalue weighted by Crippen LogP contribution is 2.49. The lowest BCUT2D eigenvalue weighted by Crippen LogP contribution is -2.46. The van der Waals surface area contributed by atoms with E-state index in [1.165, 1.54) is 18.6 Å². The molecule has 2 aliphatic rings. The number of nitrogens with one attached hydrogen (secondary N) is 1. The van der Waals surface area contributed by atoms with Crippen molar-refractivity contribution in [3.05, 3.63) is 101 Å². The predicted molar refractivity (Wildman–Crippen MR) is 126 cm³/mol. The van der Waals surface area contributed by atoms with Gasteiger partial charge in [0.1, 0.15) is 5.82 Å². The molecule has 3 aromatic carbocycles. The summed E-state index contributed by atoms with van der Waals surface area (Å²) in [6.07, 6.45) is 0. The van der Waals surface area contributed by atoms with Gasteiger partial charge in [0.2, 0.25) is 5.91 Å². The van der Waals surface area contributed by atoms with Gasteiger partial charge in [0.15, 0.2) is 0 Å². The summed E-state index contributed by atoms with van der Waals surface area (Å²) in [5.41, 5.74) is 2.86. The fourth-order valence-corrected chi connectivity index (χ4v) is 5.24. The number of amides is 1. The monoisotopic (exact) mass is 445 g/mol. The van der Waals surface area contributed by atoms with Gasteiger partial charge < -0.3 is 5.32 Å². The van der Waals surface area contributed by atoms with Crippen LogP contribution in [0.25, 0.3) is 0 Å². The Hall–Kier alpha value is -3.06. The minimum absolute atomic E-state index is 0.104. The van der Waals surface area contributed by atoms with E-state index in [4.69, 9.17) is 4.84 Å². The van der Waals surface area contributed by atoms with Crippen molar-refractivity contribution in [3.8, 4) is 0 Å². The first-order valence-electron chi connectivity index (χ1n) is 11.3. The third kappa shape index (κ3) is 4.29. The molecule has 0 radical (unpaired) electrons. The molecule has 2 heterocycles. The van der Waals surface area contributed by atoms with Crippen LogP contribution in [0.3, 0.4) is 0 Å². The first kappa shape index (κ1) is 21.8. The lowest BCUT2D eigenvalue weighted by atomic mass is 9.80. The molecule has 3 aromatic rings. The van der Waals surface area contributed by atoms with Gasteiger partial charge in [0.25, 0.3) is 0 Å². The molecule has 0 aliphatic carbocycles. The van der Waals surface area contributed by atoms with E-state index in [0.29, 0.717) is 30.9 Å². The molecule has 2 fully saturated rings. The van der Waals surface area contributed by atoms with Crippen molar-refractivity contribution in [1.82, 2.24) is 9.96 Å². The van der Waals surface area contributed by atoms with E-state index >= 15 is 4.39 Å². The Morgan fingerprint density at radius 1 is 1.03 bits per heavy atom. The molecule has 2 saturated heterocycles. The first-order valence-corrected chi connectivity index (χ1v) is 11.3. The van der Waals surface area contributed by atoms with Gasteiger partial charge in [0, 0.05) is 43.7 Å². The third-order valence-corrected chi connectivity index (χ3v) is 6.67. The molecule has 170 valence electrons. The maximum atomic E-state index is 15.4. The van der Waals surface area contributed by atoms with Crippen LogP contribution in [0.4, 0.5) is 10.1 Å². The van der Waals surface area contributed by atoms with E-state index in [1.807, 2.05) is 41.5 Å². The molecule has 2 atom stereocenters. The Labute approximate surface area is 193 Å². The van der Waals surface area contributed by atoms with E-state index in [-0.39, 0.29) is 17.6 Å². The van der Waals surface area contributed by atoms with Crippen LogP contribution in [0, 0.1) is 11.7 Å². The van der Waals surface area contributed by atoms with Gasteiger partial charge >= 0.3 is 0 Å². The largest absolute Gasteiger partial charge is 0.326 e. The fourth-order valence-electron chi connectivity index (χ4n) is 5.24. The number of fused-ring (bicyclic) bond motifs is 1. The smallest absolute Gasteiger partial charge is 0.221 e. The van der Waals surface area contributed by atoms with Crippen molar-refractivity contribution >= 4 is 11.6 Å². The molecule has 5 rings (SSSR count). The highest BCUT2D eigenvalue weighted by atomic mass is 19.1. The van der Waals surface area contributed by atoms with Crippen LogP contribution >= 0.6 is 0 Å². The number of hydrogen-bond acceptors (Lipinski definition) is 4. The van der Waals surface area contributed by atoms with Crippen LogP contribution in [0.2, 0.25) is 0 Å². The van der Waals surface area contributed by atoms with Crippen LogP contribution in [-0.4, -0.2) is 35.6 Å². The zero-order valence-electron chi connectivity index (χ0n) is 18.7. The molecule has 0 bridgehead atoms. The van der Waals surface area contributed by atoms with Crippen molar-refractivity contribution in [2.75, 3.05) is 25.0 Å². The molecule has 0 saturated carbocycles. The summed E-state index contributed by atoms with van der Waals surface area (Å²) in [6.45, 7) is 4.79. The number of nitrogens with zero attached hydrogens (tertiary/aromatic N) is 2. The fraction of sp³-hybridized carbons (Fsp3) is 0.296. The van der Waals surface area contributed by atoms with E-state index in [2.05, 4.69) is 34.5 Å². The van der Waals surface area contributed by atoms with Gasteiger partial charge in [-0.05, 0) is 29.3 Å². The molecule has 0 spiro atoms. The number of hydroxylamine groups is 2. The molecule has 5 nitrogen and oxygen atoms in total.